The van der Waals surface area contributed by atoms with Gasteiger partial charge in [0.15, 0.2) is 0 Å². The van der Waals surface area contributed by atoms with Crippen molar-refractivity contribution in [1.29, 1.82) is 0 Å². The van der Waals surface area contributed by atoms with Crippen LogP contribution in [0.15, 0.2) is 12.2 Å². The molecule has 6 nitrogen and oxygen atoms in total. The standard InChI is InChI=1S/C17H32O6/c1-12(2)17(18)23-11-16(6)22-10-15(5)21-9-14(4)20-8-13(3)19-7/h13-16H,1,8-11H2,2-7H3. The third-order valence-corrected chi connectivity index (χ3v) is 3.05. The third-order valence-electron chi connectivity index (χ3n) is 3.05. The van der Waals surface area contributed by atoms with Gasteiger partial charge in [0, 0.05) is 12.7 Å². The van der Waals surface area contributed by atoms with E-state index in [0.717, 1.165) is 0 Å². The molecule has 0 aliphatic carbocycles. The molecular weight excluding hydrogens is 300 g/mol. The molecule has 0 N–H and O–H groups in total. The number of methoxy groups -OCH3 is 1. The first-order chi connectivity index (χ1) is 10.8. The van der Waals surface area contributed by atoms with Gasteiger partial charge in [-0.05, 0) is 34.6 Å². The van der Waals surface area contributed by atoms with E-state index in [9.17, 15) is 4.79 Å². The van der Waals surface area contributed by atoms with Gasteiger partial charge in [-0.3, -0.25) is 0 Å². The molecule has 23 heavy (non-hydrogen) atoms. The first-order valence-corrected chi connectivity index (χ1v) is 7.96. The molecule has 0 radical (unpaired) electrons. The maximum absolute atomic E-state index is 11.3. The molecule has 0 aromatic carbocycles. The molecule has 136 valence electrons. The minimum absolute atomic E-state index is 0.0102. The second-order valence-corrected chi connectivity index (χ2v) is 5.86. The molecule has 0 bridgehead atoms. The predicted molar refractivity (Wildman–Crippen MR) is 88.5 cm³/mol. The lowest BCUT2D eigenvalue weighted by molar-refractivity contribution is -0.144. The van der Waals surface area contributed by atoms with E-state index in [0.29, 0.717) is 25.4 Å². The monoisotopic (exact) mass is 332 g/mol. The van der Waals surface area contributed by atoms with E-state index in [4.69, 9.17) is 23.7 Å². The zero-order valence-electron chi connectivity index (χ0n) is 15.3. The van der Waals surface area contributed by atoms with Gasteiger partial charge in [0.05, 0.1) is 44.2 Å². The SMILES string of the molecule is C=C(C)C(=O)OCC(C)OCC(C)OCC(C)OCC(C)OC. The maximum Gasteiger partial charge on any atom is 0.333 e. The Kier molecular flexibility index (Phi) is 12.0. The van der Waals surface area contributed by atoms with Gasteiger partial charge in [-0.15, -0.1) is 0 Å². The maximum atomic E-state index is 11.3. The van der Waals surface area contributed by atoms with E-state index in [1.54, 1.807) is 14.0 Å². The van der Waals surface area contributed by atoms with Gasteiger partial charge in [-0.1, -0.05) is 6.58 Å². The van der Waals surface area contributed by atoms with Crippen molar-refractivity contribution in [1.82, 2.24) is 0 Å². The number of hydrogen-bond donors (Lipinski definition) is 0. The summed E-state index contributed by atoms with van der Waals surface area (Å²) in [7, 11) is 1.66. The van der Waals surface area contributed by atoms with E-state index < -0.39 is 5.97 Å². The summed E-state index contributed by atoms with van der Waals surface area (Å²) in [5.41, 5.74) is 0.380. The van der Waals surface area contributed by atoms with Crippen molar-refractivity contribution in [3.63, 3.8) is 0 Å². The fraction of sp³-hybridized carbons (Fsp3) is 0.824. The van der Waals surface area contributed by atoms with Crippen molar-refractivity contribution in [2.24, 2.45) is 0 Å². The molecule has 0 spiro atoms. The molecule has 0 aliphatic heterocycles. The van der Waals surface area contributed by atoms with E-state index in [1.807, 2.05) is 27.7 Å². The predicted octanol–water partition coefficient (Wildman–Crippen LogP) is 2.36. The van der Waals surface area contributed by atoms with Crippen molar-refractivity contribution in [3.8, 4) is 0 Å². The van der Waals surface area contributed by atoms with Gasteiger partial charge in [-0.25, -0.2) is 4.79 Å². The summed E-state index contributed by atoms with van der Waals surface area (Å²) in [6.07, 6.45) is -0.203. The fourth-order valence-electron chi connectivity index (χ4n) is 1.43. The lowest BCUT2D eigenvalue weighted by Gasteiger charge is -2.20. The smallest absolute Gasteiger partial charge is 0.333 e. The Morgan fingerprint density at radius 1 is 0.826 bits per heavy atom. The Morgan fingerprint density at radius 2 is 1.22 bits per heavy atom. The van der Waals surface area contributed by atoms with Crippen LogP contribution in [0.25, 0.3) is 0 Å². The second kappa shape index (κ2) is 12.5. The molecular formula is C17H32O6. The molecule has 0 fully saturated rings. The average Bonchev–Trinajstić information content (AvgIpc) is 2.53. The highest BCUT2D eigenvalue weighted by Gasteiger charge is 2.12. The summed E-state index contributed by atoms with van der Waals surface area (Å²) in [6, 6.07) is 0. The Balaban J connectivity index is 3.75. The van der Waals surface area contributed by atoms with Crippen LogP contribution in [0.4, 0.5) is 0 Å². The molecule has 0 aromatic rings. The van der Waals surface area contributed by atoms with E-state index in [2.05, 4.69) is 6.58 Å². The van der Waals surface area contributed by atoms with Crippen LogP contribution in [0.5, 0.6) is 0 Å². The Hall–Kier alpha value is -0.950. The van der Waals surface area contributed by atoms with Crippen LogP contribution in [0.2, 0.25) is 0 Å². The molecule has 4 atom stereocenters. The third kappa shape index (κ3) is 12.2. The summed E-state index contributed by atoms with van der Waals surface area (Å²) in [4.78, 5) is 11.3. The quantitative estimate of drug-likeness (QED) is 0.381. The molecule has 0 aliphatic rings. The van der Waals surface area contributed by atoms with Gasteiger partial charge in [0.25, 0.3) is 0 Å². The average molecular weight is 332 g/mol. The number of hydrogen-bond acceptors (Lipinski definition) is 6. The summed E-state index contributed by atoms with van der Waals surface area (Å²) >= 11 is 0. The lowest BCUT2D eigenvalue weighted by Crippen LogP contribution is -2.28. The summed E-state index contributed by atoms with van der Waals surface area (Å²) < 4.78 is 27.0. The van der Waals surface area contributed by atoms with Gasteiger partial charge in [-0.2, -0.15) is 0 Å². The zero-order chi connectivity index (χ0) is 17.8. The fourth-order valence-corrected chi connectivity index (χ4v) is 1.43. The van der Waals surface area contributed by atoms with Gasteiger partial charge in [0.2, 0.25) is 0 Å². The van der Waals surface area contributed by atoms with E-state index in [-0.39, 0.29) is 31.0 Å². The molecule has 0 aromatic heterocycles. The first kappa shape index (κ1) is 22.1. The largest absolute Gasteiger partial charge is 0.460 e. The minimum atomic E-state index is -0.402. The van der Waals surface area contributed by atoms with Crippen molar-refractivity contribution in [3.05, 3.63) is 12.2 Å². The van der Waals surface area contributed by atoms with Gasteiger partial charge < -0.3 is 23.7 Å². The molecule has 6 heteroatoms. The number of carbonyl (C=O) groups is 1. The highest BCUT2D eigenvalue weighted by atomic mass is 16.6. The molecule has 0 saturated heterocycles. The first-order valence-electron chi connectivity index (χ1n) is 7.96. The summed E-state index contributed by atoms with van der Waals surface area (Å²) in [5, 5.41) is 0. The van der Waals surface area contributed by atoms with Crippen LogP contribution >= 0.6 is 0 Å². The number of carbonyl (C=O) groups excluding carboxylic acids is 1. The molecule has 4 unspecified atom stereocenters. The zero-order valence-corrected chi connectivity index (χ0v) is 15.3. The van der Waals surface area contributed by atoms with Crippen LogP contribution in [-0.2, 0) is 28.5 Å². The van der Waals surface area contributed by atoms with E-state index in [1.165, 1.54) is 0 Å². The van der Waals surface area contributed by atoms with E-state index >= 15 is 0 Å². The lowest BCUT2D eigenvalue weighted by atomic mass is 10.3. The van der Waals surface area contributed by atoms with Crippen LogP contribution in [0.3, 0.4) is 0 Å². The molecule has 0 heterocycles. The highest BCUT2D eigenvalue weighted by Crippen LogP contribution is 2.02. The number of rotatable bonds is 13. The van der Waals surface area contributed by atoms with Crippen LogP contribution < -0.4 is 0 Å². The van der Waals surface area contributed by atoms with Crippen LogP contribution in [-0.4, -0.2) is 63.9 Å². The Labute approximate surface area is 140 Å². The molecule has 0 amide bonds. The minimum Gasteiger partial charge on any atom is -0.460 e. The van der Waals surface area contributed by atoms with Crippen molar-refractivity contribution in [2.75, 3.05) is 33.5 Å². The van der Waals surface area contributed by atoms with Crippen molar-refractivity contribution >= 4 is 5.97 Å². The van der Waals surface area contributed by atoms with Crippen molar-refractivity contribution in [2.45, 2.75) is 59.0 Å². The molecule has 0 rings (SSSR count). The van der Waals surface area contributed by atoms with Crippen LogP contribution in [0.1, 0.15) is 34.6 Å². The van der Waals surface area contributed by atoms with Gasteiger partial charge in [0.1, 0.15) is 6.61 Å². The Bertz CT molecular complexity index is 344. The van der Waals surface area contributed by atoms with Crippen LogP contribution in [0, 0.1) is 0 Å². The summed E-state index contributed by atoms with van der Waals surface area (Å²) in [6.45, 7) is 14.5. The second-order valence-electron chi connectivity index (χ2n) is 5.86. The molecule has 0 saturated carbocycles. The number of esters is 1. The topological polar surface area (TPSA) is 63.2 Å². The van der Waals surface area contributed by atoms with Crippen molar-refractivity contribution < 1.29 is 28.5 Å². The summed E-state index contributed by atoms with van der Waals surface area (Å²) in [5.74, 6) is -0.402. The van der Waals surface area contributed by atoms with Gasteiger partial charge >= 0.3 is 5.97 Å². The Morgan fingerprint density at radius 3 is 1.61 bits per heavy atom. The number of ether oxygens (including phenoxy) is 5. The normalized spacial score (nSPS) is 16.4. The highest BCUT2D eigenvalue weighted by molar-refractivity contribution is 5.86.